The number of nitrogens with two attached hydrogens (primary N) is 1. The molecule has 19 heavy (non-hydrogen) atoms. The molecule has 1 fully saturated rings. The predicted octanol–water partition coefficient (Wildman–Crippen LogP) is 1.52. The lowest BCUT2D eigenvalue weighted by Gasteiger charge is -2.28. The molecule has 0 aliphatic carbocycles. The summed E-state index contributed by atoms with van der Waals surface area (Å²) in [4.78, 5) is 16.2. The first kappa shape index (κ1) is 16.2. The second-order valence-corrected chi connectivity index (χ2v) is 6.26. The number of nitrogens with zero attached hydrogens (tertiary/aromatic N) is 2. The Labute approximate surface area is 117 Å². The lowest BCUT2D eigenvalue weighted by atomic mass is 10.1. The zero-order valence-electron chi connectivity index (χ0n) is 12.8. The third kappa shape index (κ3) is 5.78. The van der Waals surface area contributed by atoms with Gasteiger partial charge in [-0.3, -0.25) is 0 Å². The van der Waals surface area contributed by atoms with E-state index in [1.165, 1.54) is 0 Å². The average Bonchev–Trinajstić information content (AvgIpc) is 2.71. The van der Waals surface area contributed by atoms with Gasteiger partial charge in [-0.25, -0.2) is 4.79 Å². The molecule has 5 heteroatoms. The Balaban J connectivity index is 2.42. The molecule has 0 radical (unpaired) electrons. The van der Waals surface area contributed by atoms with Crippen LogP contribution < -0.4 is 5.73 Å². The van der Waals surface area contributed by atoms with E-state index < -0.39 is 5.60 Å². The van der Waals surface area contributed by atoms with Gasteiger partial charge in [-0.15, -0.1) is 0 Å². The molecule has 0 aromatic rings. The quantitative estimate of drug-likeness (QED) is 0.823. The lowest BCUT2D eigenvalue weighted by molar-refractivity contribution is 0.0233. The van der Waals surface area contributed by atoms with Crippen LogP contribution >= 0.6 is 0 Å². The molecular formula is C14H29N3O2. The maximum absolute atomic E-state index is 12.1. The highest BCUT2D eigenvalue weighted by Crippen LogP contribution is 2.18. The van der Waals surface area contributed by atoms with Crippen LogP contribution in [0.4, 0.5) is 4.79 Å². The number of rotatable bonds is 5. The van der Waals surface area contributed by atoms with E-state index in [0.717, 1.165) is 32.6 Å². The Hall–Kier alpha value is -0.810. The summed E-state index contributed by atoms with van der Waals surface area (Å²) in [5, 5.41) is 0. The minimum absolute atomic E-state index is 0.202. The van der Waals surface area contributed by atoms with Crippen LogP contribution in [0.1, 0.15) is 34.1 Å². The summed E-state index contributed by atoms with van der Waals surface area (Å²) in [7, 11) is 0. The molecule has 1 heterocycles. The zero-order valence-corrected chi connectivity index (χ0v) is 12.8. The smallest absolute Gasteiger partial charge is 0.410 e. The molecule has 5 nitrogen and oxygen atoms in total. The SMILES string of the molecule is CCN(CC1CCN(CCN)C1)C(=O)OC(C)(C)C. The number of likely N-dealkylation sites (tertiary alicyclic amines) is 1. The van der Waals surface area contributed by atoms with Crippen LogP contribution in [-0.4, -0.2) is 60.8 Å². The maximum Gasteiger partial charge on any atom is 0.410 e. The summed E-state index contributed by atoms with van der Waals surface area (Å²) in [5.41, 5.74) is 5.15. The van der Waals surface area contributed by atoms with Crippen molar-refractivity contribution < 1.29 is 9.53 Å². The maximum atomic E-state index is 12.1. The topological polar surface area (TPSA) is 58.8 Å². The van der Waals surface area contributed by atoms with Crippen molar-refractivity contribution in [2.24, 2.45) is 11.7 Å². The fourth-order valence-corrected chi connectivity index (χ4v) is 2.42. The van der Waals surface area contributed by atoms with Crippen molar-refractivity contribution in [3.05, 3.63) is 0 Å². The molecule has 1 saturated heterocycles. The molecule has 1 aliphatic rings. The Kier molecular flexibility index (Phi) is 6.07. The normalized spacial score (nSPS) is 20.6. The number of amides is 1. The van der Waals surface area contributed by atoms with Crippen LogP contribution in [0.3, 0.4) is 0 Å². The molecule has 0 saturated carbocycles. The largest absolute Gasteiger partial charge is 0.444 e. The highest BCUT2D eigenvalue weighted by atomic mass is 16.6. The predicted molar refractivity (Wildman–Crippen MR) is 77.1 cm³/mol. The van der Waals surface area contributed by atoms with Gasteiger partial charge in [0.25, 0.3) is 0 Å². The number of hydrogen-bond acceptors (Lipinski definition) is 4. The highest BCUT2D eigenvalue weighted by Gasteiger charge is 2.27. The standard InChI is InChI=1S/C14H29N3O2/c1-5-17(13(18)19-14(2,3)4)11-12-6-8-16(10-12)9-7-15/h12H,5-11,15H2,1-4H3. The van der Waals surface area contributed by atoms with Gasteiger partial charge in [-0.2, -0.15) is 0 Å². The van der Waals surface area contributed by atoms with Crippen LogP contribution in [0.25, 0.3) is 0 Å². The summed E-state index contributed by atoms with van der Waals surface area (Å²) in [6.07, 6.45) is 0.937. The van der Waals surface area contributed by atoms with Crippen molar-refractivity contribution in [2.45, 2.75) is 39.7 Å². The van der Waals surface area contributed by atoms with Crippen LogP contribution in [0.15, 0.2) is 0 Å². The van der Waals surface area contributed by atoms with Crippen molar-refractivity contribution in [3.63, 3.8) is 0 Å². The van der Waals surface area contributed by atoms with E-state index in [0.29, 0.717) is 19.0 Å². The molecule has 0 spiro atoms. The molecule has 1 atom stereocenters. The fourth-order valence-electron chi connectivity index (χ4n) is 2.42. The van der Waals surface area contributed by atoms with Gasteiger partial charge in [0.05, 0.1) is 0 Å². The summed E-state index contributed by atoms with van der Waals surface area (Å²) in [5.74, 6) is 0.541. The van der Waals surface area contributed by atoms with Crippen molar-refractivity contribution in [1.29, 1.82) is 0 Å². The van der Waals surface area contributed by atoms with Crippen LogP contribution in [0, 0.1) is 5.92 Å². The van der Waals surface area contributed by atoms with Gasteiger partial charge in [0, 0.05) is 32.7 Å². The molecule has 1 rings (SSSR count). The van der Waals surface area contributed by atoms with Crippen molar-refractivity contribution in [2.75, 3.05) is 39.3 Å². The van der Waals surface area contributed by atoms with Crippen LogP contribution in [0.2, 0.25) is 0 Å². The Morgan fingerprint density at radius 1 is 1.47 bits per heavy atom. The Morgan fingerprint density at radius 3 is 2.68 bits per heavy atom. The van der Waals surface area contributed by atoms with Gasteiger partial charge in [0.1, 0.15) is 5.60 Å². The molecule has 2 N–H and O–H groups in total. The molecule has 0 bridgehead atoms. The Morgan fingerprint density at radius 2 is 2.16 bits per heavy atom. The number of carbonyl (C=O) groups is 1. The van der Waals surface area contributed by atoms with Crippen LogP contribution in [-0.2, 0) is 4.74 Å². The van der Waals surface area contributed by atoms with E-state index >= 15 is 0 Å². The first-order chi connectivity index (χ1) is 8.85. The van der Waals surface area contributed by atoms with E-state index in [4.69, 9.17) is 10.5 Å². The van der Waals surface area contributed by atoms with Gasteiger partial charge < -0.3 is 20.3 Å². The van der Waals surface area contributed by atoms with E-state index in [9.17, 15) is 4.79 Å². The second-order valence-electron chi connectivity index (χ2n) is 6.26. The van der Waals surface area contributed by atoms with Gasteiger partial charge in [0.2, 0.25) is 0 Å². The minimum Gasteiger partial charge on any atom is -0.444 e. The summed E-state index contributed by atoms with van der Waals surface area (Å²) < 4.78 is 5.43. The summed E-state index contributed by atoms with van der Waals surface area (Å²) in [6, 6.07) is 0. The summed E-state index contributed by atoms with van der Waals surface area (Å²) >= 11 is 0. The molecule has 0 aromatic carbocycles. The van der Waals surface area contributed by atoms with E-state index in [-0.39, 0.29) is 6.09 Å². The van der Waals surface area contributed by atoms with Crippen LogP contribution in [0.5, 0.6) is 0 Å². The number of ether oxygens (including phenoxy) is 1. The molecule has 1 unspecified atom stereocenters. The highest BCUT2D eigenvalue weighted by molar-refractivity contribution is 5.68. The van der Waals surface area contributed by atoms with Gasteiger partial charge in [-0.1, -0.05) is 0 Å². The van der Waals surface area contributed by atoms with E-state index in [1.54, 1.807) is 0 Å². The van der Waals surface area contributed by atoms with Crippen molar-refractivity contribution in [3.8, 4) is 0 Å². The zero-order chi connectivity index (χ0) is 14.5. The van der Waals surface area contributed by atoms with Gasteiger partial charge >= 0.3 is 6.09 Å². The van der Waals surface area contributed by atoms with Crippen molar-refractivity contribution in [1.82, 2.24) is 9.80 Å². The Bertz CT molecular complexity index is 289. The average molecular weight is 271 g/mol. The van der Waals surface area contributed by atoms with E-state index in [2.05, 4.69) is 4.90 Å². The van der Waals surface area contributed by atoms with Gasteiger partial charge in [0.15, 0.2) is 0 Å². The number of hydrogen-bond donors (Lipinski definition) is 1. The molecule has 1 amide bonds. The molecule has 1 aliphatic heterocycles. The lowest BCUT2D eigenvalue weighted by Crippen LogP contribution is -2.40. The van der Waals surface area contributed by atoms with Crippen molar-refractivity contribution >= 4 is 6.09 Å². The van der Waals surface area contributed by atoms with Gasteiger partial charge in [-0.05, 0) is 46.6 Å². The van der Waals surface area contributed by atoms with E-state index in [1.807, 2.05) is 32.6 Å². The third-order valence-corrected chi connectivity index (χ3v) is 3.33. The first-order valence-electron chi connectivity index (χ1n) is 7.26. The second kappa shape index (κ2) is 7.10. The first-order valence-corrected chi connectivity index (χ1v) is 7.26. The molecule has 112 valence electrons. The summed E-state index contributed by atoms with van der Waals surface area (Å²) in [6.45, 7) is 13.0. The molecular weight excluding hydrogens is 242 g/mol. The third-order valence-electron chi connectivity index (χ3n) is 3.33. The minimum atomic E-state index is -0.425. The fraction of sp³-hybridized carbons (Fsp3) is 0.929. The molecule has 0 aromatic heterocycles. The number of carbonyl (C=O) groups excluding carboxylic acids is 1. The monoisotopic (exact) mass is 271 g/mol.